The van der Waals surface area contributed by atoms with E-state index >= 15 is 0 Å². The van der Waals surface area contributed by atoms with Crippen molar-refractivity contribution >= 4 is 46.6 Å². The van der Waals surface area contributed by atoms with E-state index in [1.165, 1.54) is 11.1 Å². The molecule has 0 spiro atoms. The molecule has 0 saturated carbocycles. The Labute approximate surface area is 151 Å². The number of hydrogen-bond donors (Lipinski definition) is 1. The van der Waals surface area contributed by atoms with E-state index in [0.29, 0.717) is 13.2 Å². The van der Waals surface area contributed by atoms with Crippen LogP contribution in [0.3, 0.4) is 0 Å². The molecule has 0 aliphatic rings. The normalized spacial score (nSPS) is 8.32. The van der Waals surface area contributed by atoms with Crippen LogP contribution in [0.2, 0.25) is 0 Å². The van der Waals surface area contributed by atoms with Crippen molar-refractivity contribution in [2.24, 2.45) is 5.73 Å². The average molecular weight is 495 g/mol. The van der Waals surface area contributed by atoms with Gasteiger partial charge in [0.15, 0.2) is 0 Å². The maximum absolute atomic E-state index is 5.48. The summed E-state index contributed by atoms with van der Waals surface area (Å²) in [5, 5.41) is 0. The summed E-state index contributed by atoms with van der Waals surface area (Å²) in [7, 11) is 0. The molecule has 0 aromatic heterocycles. The maximum atomic E-state index is 5.48. The molecule has 0 atom stereocenters. The molecule has 1 rings (SSSR count). The second kappa shape index (κ2) is 20.9. The van der Waals surface area contributed by atoms with E-state index in [2.05, 4.69) is 53.8 Å². The van der Waals surface area contributed by atoms with Gasteiger partial charge in [0.1, 0.15) is 0 Å². The first-order chi connectivity index (χ1) is 8.86. The summed E-state index contributed by atoms with van der Waals surface area (Å²) in [4.78, 5) is 1.97. The van der Waals surface area contributed by atoms with Crippen molar-refractivity contribution in [2.75, 3.05) is 18.1 Å². The minimum absolute atomic E-state index is 0. The highest BCUT2D eigenvalue weighted by molar-refractivity contribution is 14.1. The van der Waals surface area contributed by atoms with Crippen molar-refractivity contribution in [2.45, 2.75) is 40.2 Å². The Hall–Kier alpha value is 0.600. The van der Waals surface area contributed by atoms with Gasteiger partial charge in [0, 0.05) is 8.03 Å². The maximum Gasteiger partial charge on any atom is 0.0716 e. The summed E-state index contributed by atoms with van der Waals surface area (Å²) >= 11 is 2.15. The van der Waals surface area contributed by atoms with Crippen LogP contribution >= 0.6 is 46.6 Å². The van der Waals surface area contributed by atoms with Gasteiger partial charge in [0.05, 0.1) is 6.61 Å². The van der Waals surface area contributed by atoms with Gasteiger partial charge in [0.25, 0.3) is 0 Å². The summed E-state index contributed by atoms with van der Waals surface area (Å²) in [5.74, 6) is 0. The van der Waals surface area contributed by atoms with Crippen LogP contribution in [0.15, 0.2) is 24.3 Å². The van der Waals surface area contributed by atoms with Crippen LogP contribution in [0.25, 0.3) is 0 Å². The zero-order valence-electron chi connectivity index (χ0n) is 12.6. The molecule has 0 heterocycles. The number of hydrogen-bond acceptors (Lipinski definition) is 2. The minimum Gasteiger partial charge on any atom is -0.377 e. The first kappa shape index (κ1) is 24.6. The molecule has 0 amide bonds. The molecule has 0 saturated heterocycles. The molecule has 4 heteroatoms. The summed E-state index contributed by atoms with van der Waals surface area (Å²) in [6.45, 7) is 8.32. The molecule has 116 valence electrons. The second-order valence-corrected chi connectivity index (χ2v) is 3.37. The van der Waals surface area contributed by atoms with Crippen molar-refractivity contribution in [1.29, 1.82) is 0 Å². The number of halogens is 2. The first-order valence-electron chi connectivity index (χ1n) is 6.60. The van der Waals surface area contributed by atoms with Crippen molar-refractivity contribution in [3.05, 3.63) is 35.4 Å². The van der Waals surface area contributed by atoms with Crippen molar-refractivity contribution in [3.63, 3.8) is 0 Å². The summed E-state index contributed by atoms with van der Waals surface area (Å²) in [6, 6.07) is 8.52. The van der Waals surface area contributed by atoms with Gasteiger partial charge in [0.2, 0.25) is 0 Å². The second-order valence-electron chi connectivity index (χ2n) is 3.37. The molecular weight excluding hydrogens is 464 g/mol. The fourth-order valence-corrected chi connectivity index (χ4v) is 1.31. The number of aryl methyl sites for hydroxylation is 1. The third-order valence-corrected chi connectivity index (χ3v) is 2.16. The van der Waals surface area contributed by atoms with Crippen LogP contribution in [0.4, 0.5) is 0 Å². The van der Waals surface area contributed by atoms with Gasteiger partial charge in [-0.15, -0.1) is 24.0 Å². The molecule has 0 bridgehead atoms. The third-order valence-electron chi connectivity index (χ3n) is 2.16. The number of nitrogens with two attached hydrogens (primary N) is 1. The number of alkyl halides is 1. The standard InChI is InChI=1S/C12H19NO.C2H6.CH3I.HI.H2/c1-2-11-5-3-6-12(9-11)10-14-8-4-7-13;2*1-2;;/h3,5-6,9H,2,4,7-8,10,13H2,1H3;1-2H3;1H3;2*1H. The molecule has 0 unspecified atom stereocenters. The largest absolute Gasteiger partial charge is 0.377 e. The van der Waals surface area contributed by atoms with Crippen molar-refractivity contribution in [1.82, 2.24) is 0 Å². The Bertz CT molecular complexity index is 276. The van der Waals surface area contributed by atoms with E-state index in [0.717, 1.165) is 19.4 Å². The molecule has 0 fully saturated rings. The van der Waals surface area contributed by atoms with E-state index < -0.39 is 0 Å². The molecule has 0 radical (unpaired) electrons. The molecular formula is C15H31I2NO. The minimum atomic E-state index is 0. The third kappa shape index (κ3) is 14.8. The smallest absolute Gasteiger partial charge is 0.0716 e. The first-order valence-corrected chi connectivity index (χ1v) is 8.76. The summed E-state index contributed by atoms with van der Waals surface area (Å²) in [5.41, 5.74) is 7.99. The lowest BCUT2D eigenvalue weighted by Crippen LogP contribution is -2.04. The predicted octanol–water partition coefficient (Wildman–Crippen LogP) is 5.06. The van der Waals surface area contributed by atoms with E-state index in [1.54, 1.807) is 0 Å². The van der Waals surface area contributed by atoms with E-state index in [-0.39, 0.29) is 25.4 Å². The quantitative estimate of drug-likeness (QED) is 0.341. The average Bonchev–Trinajstić information content (AvgIpc) is 2.48. The zero-order valence-corrected chi connectivity index (χ0v) is 17.1. The van der Waals surface area contributed by atoms with Crippen LogP contribution < -0.4 is 5.73 Å². The van der Waals surface area contributed by atoms with Crippen LogP contribution in [-0.4, -0.2) is 18.1 Å². The Morgan fingerprint density at radius 1 is 1.21 bits per heavy atom. The predicted molar refractivity (Wildman–Crippen MR) is 108 cm³/mol. The number of ether oxygens (including phenoxy) is 1. The van der Waals surface area contributed by atoms with Gasteiger partial charge in [-0.1, -0.05) is 67.6 Å². The Morgan fingerprint density at radius 2 is 1.79 bits per heavy atom. The lowest BCUT2D eigenvalue weighted by molar-refractivity contribution is 0.120. The lowest BCUT2D eigenvalue weighted by atomic mass is 10.1. The van der Waals surface area contributed by atoms with Gasteiger partial charge in [-0.3, -0.25) is 0 Å². The molecule has 19 heavy (non-hydrogen) atoms. The highest BCUT2D eigenvalue weighted by Gasteiger charge is 1.94. The van der Waals surface area contributed by atoms with E-state index in [9.17, 15) is 0 Å². The van der Waals surface area contributed by atoms with E-state index in [1.807, 2.05) is 18.8 Å². The molecule has 0 aliphatic carbocycles. The number of benzene rings is 1. The molecule has 2 nitrogen and oxygen atoms in total. The fraction of sp³-hybridized carbons (Fsp3) is 0.600. The van der Waals surface area contributed by atoms with Crippen LogP contribution in [0.1, 0.15) is 39.7 Å². The summed E-state index contributed by atoms with van der Waals surface area (Å²) < 4.78 is 5.48. The molecule has 1 aromatic rings. The van der Waals surface area contributed by atoms with Crippen LogP contribution in [-0.2, 0) is 17.8 Å². The monoisotopic (exact) mass is 495 g/mol. The van der Waals surface area contributed by atoms with Crippen molar-refractivity contribution < 1.29 is 6.16 Å². The van der Waals surface area contributed by atoms with Crippen LogP contribution in [0, 0.1) is 0 Å². The SMILES string of the molecule is CC.CCc1cccc(COCCCN)c1.CI.I.[HH]. The Balaban J connectivity index is -0.000000196. The molecule has 1 aromatic carbocycles. The topological polar surface area (TPSA) is 35.2 Å². The highest BCUT2D eigenvalue weighted by atomic mass is 127. The van der Waals surface area contributed by atoms with Crippen molar-refractivity contribution in [3.8, 4) is 0 Å². The Morgan fingerprint density at radius 3 is 2.32 bits per heavy atom. The summed E-state index contributed by atoms with van der Waals surface area (Å²) in [6.07, 6.45) is 2.02. The van der Waals surface area contributed by atoms with Gasteiger partial charge in [-0.05, 0) is 35.4 Å². The van der Waals surface area contributed by atoms with Crippen LogP contribution in [0.5, 0.6) is 0 Å². The highest BCUT2D eigenvalue weighted by Crippen LogP contribution is 2.07. The lowest BCUT2D eigenvalue weighted by Gasteiger charge is -2.04. The number of rotatable bonds is 6. The van der Waals surface area contributed by atoms with Gasteiger partial charge >= 0.3 is 0 Å². The zero-order chi connectivity index (χ0) is 14.2. The van der Waals surface area contributed by atoms with E-state index in [4.69, 9.17) is 10.5 Å². The van der Waals surface area contributed by atoms with Gasteiger partial charge in [-0.25, -0.2) is 0 Å². The van der Waals surface area contributed by atoms with Gasteiger partial charge < -0.3 is 10.5 Å². The molecule has 0 aliphatic heterocycles. The Kier molecular flexibility index (Phi) is 27.1. The molecule has 2 N–H and O–H groups in total. The van der Waals surface area contributed by atoms with Gasteiger partial charge in [-0.2, -0.15) is 0 Å². The fourth-order valence-electron chi connectivity index (χ4n) is 1.31.